The van der Waals surface area contributed by atoms with Gasteiger partial charge in [0, 0.05) is 18.4 Å². The maximum absolute atomic E-state index is 13.1. The Morgan fingerprint density at radius 2 is 1.95 bits per heavy atom. The quantitative estimate of drug-likeness (QED) is 0.859. The van der Waals surface area contributed by atoms with Crippen molar-refractivity contribution in [2.45, 2.75) is 6.92 Å². The van der Waals surface area contributed by atoms with Crippen LogP contribution in [0.1, 0.15) is 15.9 Å². The van der Waals surface area contributed by atoms with Gasteiger partial charge in [-0.25, -0.2) is 4.39 Å². The lowest BCUT2D eigenvalue weighted by Gasteiger charge is -2.20. The zero-order valence-electron chi connectivity index (χ0n) is 11.2. The van der Waals surface area contributed by atoms with Crippen LogP contribution < -0.4 is 10.6 Å². The van der Waals surface area contributed by atoms with Crippen LogP contribution in [0.15, 0.2) is 36.4 Å². The number of anilines is 2. The van der Waals surface area contributed by atoms with Crippen molar-refractivity contribution in [2.24, 2.45) is 0 Å². The fourth-order valence-electron chi connectivity index (χ4n) is 1.99. The van der Waals surface area contributed by atoms with Crippen LogP contribution >= 0.6 is 11.6 Å². The SMILES string of the molecule is Cc1cc(F)ccc1N(C)C(=O)c1cc(N)ccc1Cl. The smallest absolute Gasteiger partial charge is 0.259 e. The van der Waals surface area contributed by atoms with Gasteiger partial charge in [-0.15, -0.1) is 0 Å². The van der Waals surface area contributed by atoms with Crippen molar-refractivity contribution in [2.75, 3.05) is 17.7 Å². The van der Waals surface area contributed by atoms with E-state index in [1.165, 1.54) is 23.1 Å². The molecule has 1 amide bonds. The van der Waals surface area contributed by atoms with Crippen molar-refractivity contribution in [3.8, 4) is 0 Å². The molecule has 5 heteroatoms. The number of aryl methyl sites for hydroxylation is 1. The van der Waals surface area contributed by atoms with Crippen LogP contribution in [0, 0.1) is 12.7 Å². The van der Waals surface area contributed by atoms with Crippen molar-refractivity contribution >= 4 is 28.9 Å². The van der Waals surface area contributed by atoms with E-state index in [2.05, 4.69) is 0 Å². The molecule has 0 spiro atoms. The van der Waals surface area contributed by atoms with Crippen molar-refractivity contribution in [3.05, 3.63) is 58.4 Å². The van der Waals surface area contributed by atoms with Gasteiger partial charge < -0.3 is 10.6 Å². The number of nitrogen functional groups attached to an aromatic ring is 1. The highest BCUT2D eigenvalue weighted by Crippen LogP contribution is 2.25. The third kappa shape index (κ3) is 2.75. The maximum Gasteiger partial charge on any atom is 0.259 e. The summed E-state index contributed by atoms with van der Waals surface area (Å²) < 4.78 is 13.1. The second-order valence-corrected chi connectivity index (χ2v) is 4.94. The van der Waals surface area contributed by atoms with Crippen molar-refractivity contribution in [3.63, 3.8) is 0 Å². The lowest BCUT2D eigenvalue weighted by atomic mass is 10.1. The summed E-state index contributed by atoms with van der Waals surface area (Å²) in [7, 11) is 1.61. The predicted molar refractivity (Wildman–Crippen MR) is 79.7 cm³/mol. The van der Waals surface area contributed by atoms with Crippen LogP contribution in [0.2, 0.25) is 5.02 Å². The standard InChI is InChI=1S/C15H14ClFN2O/c1-9-7-10(17)3-6-14(9)19(2)15(20)12-8-11(18)4-5-13(12)16/h3-8H,18H2,1-2H3. The number of nitrogens with two attached hydrogens (primary N) is 1. The summed E-state index contributed by atoms with van der Waals surface area (Å²) in [5.74, 6) is -0.633. The van der Waals surface area contributed by atoms with E-state index in [0.29, 0.717) is 27.5 Å². The lowest BCUT2D eigenvalue weighted by Crippen LogP contribution is -2.27. The molecule has 0 radical (unpaired) electrons. The highest BCUT2D eigenvalue weighted by molar-refractivity contribution is 6.34. The maximum atomic E-state index is 13.1. The molecule has 0 aliphatic carbocycles. The van der Waals surface area contributed by atoms with Gasteiger partial charge >= 0.3 is 0 Å². The number of halogens is 2. The fourth-order valence-corrected chi connectivity index (χ4v) is 2.19. The number of rotatable bonds is 2. The highest BCUT2D eigenvalue weighted by Gasteiger charge is 2.18. The van der Waals surface area contributed by atoms with Crippen LogP contribution in [0.3, 0.4) is 0 Å². The van der Waals surface area contributed by atoms with Gasteiger partial charge in [0.05, 0.1) is 10.6 Å². The Balaban J connectivity index is 2.40. The monoisotopic (exact) mass is 292 g/mol. The van der Waals surface area contributed by atoms with E-state index < -0.39 is 0 Å². The van der Waals surface area contributed by atoms with Gasteiger partial charge in [0.2, 0.25) is 0 Å². The third-order valence-corrected chi connectivity index (χ3v) is 3.38. The molecule has 0 aromatic heterocycles. The number of benzene rings is 2. The molecule has 3 nitrogen and oxygen atoms in total. The van der Waals surface area contributed by atoms with Gasteiger partial charge in [-0.05, 0) is 48.9 Å². The number of carbonyl (C=O) groups is 1. The zero-order chi connectivity index (χ0) is 14.9. The van der Waals surface area contributed by atoms with E-state index in [4.69, 9.17) is 17.3 Å². The Morgan fingerprint density at radius 1 is 1.25 bits per heavy atom. The van der Waals surface area contributed by atoms with Gasteiger partial charge in [-0.3, -0.25) is 4.79 Å². The minimum atomic E-state index is -0.339. The van der Waals surface area contributed by atoms with E-state index in [0.717, 1.165) is 0 Å². The first-order chi connectivity index (χ1) is 9.40. The van der Waals surface area contributed by atoms with E-state index in [9.17, 15) is 9.18 Å². The molecular weight excluding hydrogens is 279 g/mol. The molecule has 20 heavy (non-hydrogen) atoms. The van der Waals surface area contributed by atoms with Gasteiger partial charge in [0.25, 0.3) is 5.91 Å². The molecule has 0 aliphatic heterocycles. The number of hydrogen-bond acceptors (Lipinski definition) is 2. The first-order valence-electron chi connectivity index (χ1n) is 5.99. The third-order valence-electron chi connectivity index (χ3n) is 3.05. The summed E-state index contributed by atoms with van der Waals surface area (Å²) in [6.45, 7) is 1.74. The van der Waals surface area contributed by atoms with Crippen molar-refractivity contribution < 1.29 is 9.18 Å². The zero-order valence-corrected chi connectivity index (χ0v) is 11.9. The Morgan fingerprint density at radius 3 is 2.60 bits per heavy atom. The largest absolute Gasteiger partial charge is 0.399 e. The normalized spacial score (nSPS) is 10.4. The minimum Gasteiger partial charge on any atom is -0.399 e. The van der Waals surface area contributed by atoms with Gasteiger partial charge in [0.15, 0.2) is 0 Å². The molecule has 0 aliphatic rings. The number of nitrogens with zero attached hydrogens (tertiary/aromatic N) is 1. The average molecular weight is 293 g/mol. The summed E-state index contributed by atoms with van der Waals surface area (Å²) >= 11 is 6.02. The predicted octanol–water partition coefficient (Wildman–Crippen LogP) is 3.65. The summed E-state index contributed by atoms with van der Waals surface area (Å²) in [6, 6.07) is 8.98. The first-order valence-corrected chi connectivity index (χ1v) is 6.37. The van der Waals surface area contributed by atoms with Crippen LogP contribution in [0.25, 0.3) is 0 Å². The van der Waals surface area contributed by atoms with Crippen LogP contribution in [0.5, 0.6) is 0 Å². The Labute approximate surface area is 121 Å². The van der Waals surface area contributed by atoms with Crippen LogP contribution in [-0.4, -0.2) is 13.0 Å². The molecule has 0 atom stereocenters. The molecule has 0 unspecified atom stereocenters. The summed E-state index contributed by atoms with van der Waals surface area (Å²) in [6.07, 6.45) is 0. The molecular formula is C15H14ClFN2O. The fraction of sp³-hybridized carbons (Fsp3) is 0.133. The Kier molecular flexibility index (Phi) is 3.95. The number of carbonyl (C=O) groups excluding carboxylic acids is 1. The molecule has 0 bridgehead atoms. The summed E-state index contributed by atoms with van der Waals surface area (Å²) in [5.41, 5.74) is 7.74. The van der Waals surface area contributed by atoms with Crippen molar-refractivity contribution in [1.82, 2.24) is 0 Å². The Bertz CT molecular complexity index is 673. The van der Waals surface area contributed by atoms with E-state index in [-0.39, 0.29) is 11.7 Å². The Hall–Kier alpha value is -2.07. The van der Waals surface area contributed by atoms with E-state index in [1.54, 1.807) is 32.2 Å². The molecule has 0 saturated heterocycles. The molecule has 2 N–H and O–H groups in total. The van der Waals surface area contributed by atoms with Crippen LogP contribution in [-0.2, 0) is 0 Å². The highest BCUT2D eigenvalue weighted by atomic mass is 35.5. The van der Waals surface area contributed by atoms with Gasteiger partial charge in [-0.1, -0.05) is 11.6 Å². The molecule has 0 fully saturated rings. The molecule has 0 saturated carbocycles. The molecule has 104 valence electrons. The lowest BCUT2D eigenvalue weighted by molar-refractivity contribution is 0.0993. The van der Waals surface area contributed by atoms with Gasteiger partial charge in [0.1, 0.15) is 5.82 Å². The number of amides is 1. The molecule has 2 rings (SSSR count). The molecule has 2 aromatic rings. The van der Waals surface area contributed by atoms with E-state index >= 15 is 0 Å². The van der Waals surface area contributed by atoms with E-state index in [1.807, 2.05) is 0 Å². The summed E-state index contributed by atoms with van der Waals surface area (Å²) in [5, 5.41) is 0.329. The average Bonchev–Trinajstić information content (AvgIpc) is 2.40. The topological polar surface area (TPSA) is 46.3 Å². The van der Waals surface area contributed by atoms with Gasteiger partial charge in [-0.2, -0.15) is 0 Å². The number of hydrogen-bond donors (Lipinski definition) is 1. The molecule has 0 heterocycles. The van der Waals surface area contributed by atoms with Crippen molar-refractivity contribution in [1.29, 1.82) is 0 Å². The first kappa shape index (κ1) is 14.3. The summed E-state index contributed by atoms with van der Waals surface area (Å²) in [4.78, 5) is 13.9. The molecule has 2 aromatic carbocycles. The second-order valence-electron chi connectivity index (χ2n) is 4.53. The van der Waals surface area contributed by atoms with Crippen LogP contribution in [0.4, 0.5) is 15.8 Å². The second kappa shape index (κ2) is 5.51. The minimum absolute atomic E-state index is 0.294.